The number of nitriles is 1. The molecule has 0 saturated carbocycles. The van der Waals surface area contributed by atoms with E-state index in [0.717, 1.165) is 5.56 Å². The molecule has 3 heteroatoms. The van der Waals surface area contributed by atoms with Crippen molar-refractivity contribution in [2.75, 3.05) is 13.2 Å². The number of aliphatic hydroxyl groups excluding tert-OH is 1. The largest absolute Gasteiger partial charge is 0.391 e. The lowest BCUT2D eigenvalue weighted by atomic mass is 10.1. The molecular formula is C13H13NO2. The average molecular weight is 215 g/mol. The summed E-state index contributed by atoms with van der Waals surface area (Å²) in [6.07, 6.45) is -0.461. The minimum absolute atomic E-state index is 0.294. The average Bonchev–Trinajstić information content (AvgIpc) is 2.29. The fourth-order valence-corrected chi connectivity index (χ4v) is 1.05. The monoisotopic (exact) mass is 215 g/mol. The van der Waals surface area contributed by atoms with Gasteiger partial charge in [-0.2, -0.15) is 5.26 Å². The summed E-state index contributed by atoms with van der Waals surface area (Å²) in [5.74, 6) is 5.73. The summed E-state index contributed by atoms with van der Waals surface area (Å²) in [5, 5.41) is 17.5. The SMILES string of the molecule is CC(O)COCC#Cc1ccc(C#N)cc1. The van der Waals surface area contributed by atoms with Crippen molar-refractivity contribution >= 4 is 0 Å². The van der Waals surface area contributed by atoms with Crippen molar-refractivity contribution in [1.82, 2.24) is 0 Å². The van der Waals surface area contributed by atoms with E-state index in [2.05, 4.69) is 11.8 Å². The van der Waals surface area contributed by atoms with E-state index in [4.69, 9.17) is 15.1 Å². The van der Waals surface area contributed by atoms with Crippen LogP contribution in [0.2, 0.25) is 0 Å². The van der Waals surface area contributed by atoms with Crippen LogP contribution in [0.25, 0.3) is 0 Å². The Balaban J connectivity index is 2.42. The molecule has 16 heavy (non-hydrogen) atoms. The number of hydrogen-bond donors (Lipinski definition) is 1. The molecule has 0 aliphatic carbocycles. The van der Waals surface area contributed by atoms with Gasteiger partial charge in [-0.15, -0.1) is 0 Å². The molecule has 0 amide bonds. The summed E-state index contributed by atoms with van der Waals surface area (Å²) in [5.41, 5.74) is 1.47. The molecule has 0 heterocycles. The zero-order valence-electron chi connectivity index (χ0n) is 9.10. The van der Waals surface area contributed by atoms with E-state index < -0.39 is 6.10 Å². The Morgan fingerprint density at radius 3 is 2.50 bits per heavy atom. The number of benzene rings is 1. The molecule has 1 atom stereocenters. The van der Waals surface area contributed by atoms with Crippen LogP contribution in [0.5, 0.6) is 0 Å². The molecule has 1 aromatic rings. The summed E-state index contributed by atoms with van der Waals surface area (Å²) in [7, 11) is 0. The van der Waals surface area contributed by atoms with Crippen LogP contribution >= 0.6 is 0 Å². The summed E-state index contributed by atoms with van der Waals surface area (Å²) < 4.78 is 5.09. The Morgan fingerprint density at radius 2 is 1.94 bits per heavy atom. The molecule has 0 spiro atoms. The van der Waals surface area contributed by atoms with Gasteiger partial charge >= 0.3 is 0 Å². The summed E-state index contributed by atoms with van der Waals surface area (Å²) in [4.78, 5) is 0. The lowest BCUT2D eigenvalue weighted by Gasteiger charge is -2.01. The van der Waals surface area contributed by atoms with Crippen molar-refractivity contribution in [2.45, 2.75) is 13.0 Å². The van der Waals surface area contributed by atoms with Crippen LogP contribution in [-0.4, -0.2) is 24.4 Å². The van der Waals surface area contributed by atoms with Crippen molar-refractivity contribution < 1.29 is 9.84 Å². The van der Waals surface area contributed by atoms with Crippen molar-refractivity contribution in [3.8, 4) is 17.9 Å². The second-order valence-electron chi connectivity index (χ2n) is 3.36. The Morgan fingerprint density at radius 1 is 1.31 bits per heavy atom. The third kappa shape index (κ3) is 4.61. The van der Waals surface area contributed by atoms with E-state index in [9.17, 15) is 0 Å². The Bertz CT molecular complexity index is 418. The van der Waals surface area contributed by atoms with Crippen molar-refractivity contribution in [3.63, 3.8) is 0 Å². The van der Waals surface area contributed by atoms with Gasteiger partial charge in [0.25, 0.3) is 0 Å². The van der Waals surface area contributed by atoms with Gasteiger partial charge in [-0.3, -0.25) is 0 Å². The lowest BCUT2D eigenvalue weighted by Crippen LogP contribution is -2.10. The summed E-state index contributed by atoms with van der Waals surface area (Å²) in [6, 6.07) is 9.07. The Kier molecular flexibility index (Phi) is 5.08. The molecule has 1 rings (SSSR count). The van der Waals surface area contributed by atoms with Gasteiger partial charge in [0, 0.05) is 5.56 Å². The molecule has 0 aromatic heterocycles. The van der Waals surface area contributed by atoms with Gasteiger partial charge in [0.2, 0.25) is 0 Å². The first-order valence-electron chi connectivity index (χ1n) is 4.97. The quantitative estimate of drug-likeness (QED) is 0.611. The lowest BCUT2D eigenvalue weighted by molar-refractivity contribution is 0.0621. The smallest absolute Gasteiger partial charge is 0.108 e. The highest BCUT2D eigenvalue weighted by Crippen LogP contribution is 2.01. The zero-order chi connectivity index (χ0) is 11.8. The van der Waals surface area contributed by atoms with Crippen LogP contribution in [0.15, 0.2) is 24.3 Å². The molecule has 1 unspecified atom stereocenters. The molecule has 0 saturated heterocycles. The highest BCUT2D eigenvalue weighted by atomic mass is 16.5. The van der Waals surface area contributed by atoms with E-state index in [-0.39, 0.29) is 0 Å². The van der Waals surface area contributed by atoms with Crippen LogP contribution in [0.4, 0.5) is 0 Å². The molecule has 82 valence electrons. The minimum Gasteiger partial charge on any atom is -0.391 e. The van der Waals surface area contributed by atoms with E-state index in [1.807, 2.05) is 6.07 Å². The fourth-order valence-electron chi connectivity index (χ4n) is 1.05. The first kappa shape index (κ1) is 12.3. The van der Waals surface area contributed by atoms with Gasteiger partial charge in [0.1, 0.15) is 6.61 Å². The van der Waals surface area contributed by atoms with Gasteiger partial charge in [0.05, 0.1) is 24.3 Å². The Hall–Kier alpha value is -1.81. The number of ether oxygens (including phenoxy) is 1. The summed E-state index contributed by atoms with van der Waals surface area (Å²) in [6.45, 7) is 2.25. The van der Waals surface area contributed by atoms with Crippen LogP contribution in [0, 0.1) is 23.2 Å². The van der Waals surface area contributed by atoms with Crippen LogP contribution in [0.1, 0.15) is 18.1 Å². The molecule has 0 bridgehead atoms. The van der Waals surface area contributed by atoms with Crippen LogP contribution < -0.4 is 0 Å². The maximum atomic E-state index is 8.92. The maximum Gasteiger partial charge on any atom is 0.108 e. The van der Waals surface area contributed by atoms with Gasteiger partial charge in [-0.25, -0.2) is 0 Å². The second-order valence-corrected chi connectivity index (χ2v) is 3.36. The number of rotatable bonds is 3. The normalized spacial score (nSPS) is 11.1. The molecule has 0 radical (unpaired) electrons. The fraction of sp³-hybridized carbons (Fsp3) is 0.308. The summed E-state index contributed by atoms with van der Waals surface area (Å²) >= 11 is 0. The van der Waals surface area contributed by atoms with Gasteiger partial charge < -0.3 is 9.84 Å². The molecule has 0 fully saturated rings. The third-order valence-corrected chi connectivity index (χ3v) is 1.78. The Labute approximate surface area is 95.3 Å². The van der Waals surface area contributed by atoms with Crippen LogP contribution in [0.3, 0.4) is 0 Å². The number of aliphatic hydroxyl groups is 1. The third-order valence-electron chi connectivity index (χ3n) is 1.78. The molecule has 1 aromatic carbocycles. The van der Waals surface area contributed by atoms with E-state index in [1.54, 1.807) is 31.2 Å². The molecule has 3 nitrogen and oxygen atoms in total. The molecular weight excluding hydrogens is 202 g/mol. The van der Waals surface area contributed by atoms with Crippen molar-refractivity contribution in [3.05, 3.63) is 35.4 Å². The number of hydrogen-bond acceptors (Lipinski definition) is 3. The predicted octanol–water partition coefficient (Wildman–Crippen LogP) is 1.31. The standard InChI is InChI=1S/C13H13NO2/c1-11(15)10-16-8-2-3-12-4-6-13(9-14)7-5-12/h4-7,11,15H,8,10H2,1H3. The van der Waals surface area contributed by atoms with E-state index in [1.165, 1.54) is 0 Å². The van der Waals surface area contributed by atoms with Crippen molar-refractivity contribution in [2.24, 2.45) is 0 Å². The molecule has 1 N–H and O–H groups in total. The highest BCUT2D eigenvalue weighted by Gasteiger charge is 1.92. The molecule has 0 aliphatic rings. The van der Waals surface area contributed by atoms with E-state index in [0.29, 0.717) is 18.8 Å². The van der Waals surface area contributed by atoms with Gasteiger partial charge in [-0.05, 0) is 31.2 Å². The first-order valence-corrected chi connectivity index (χ1v) is 4.97. The zero-order valence-corrected chi connectivity index (χ0v) is 9.10. The molecule has 0 aliphatic heterocycles. The second kappa shape index (κ2) is 6.63. The predicted molar refractivity (Wildman–Crippen MR) is 60.5 cm³/mol. The van der Waals surface area contributed by atoms with E-state index >= 15 is 0 Å². The minimum atomic E-state index is -0.461. The maximum absolute atomic E-state index is 8.92. The topological polar surface area (TPSA) is 53.2 Å². The van der Waals surface area contributed by atoms with Gasteiger partial charge in [-0.1, -0.05) is 11.8 Å². The number of nitrogens with zero attached hydrogens (tertiary/aromatic N) is 1. The van der Waals surface area contributed by atoms with Crippen LogP contribution in [-0.2, 0) is 4.74 Å². The van der Waals surface area contributed by atoms with Crippen molar-refractivity contribution in [1.29, 1.82) is 5.26 Å². The first-order chi connectivity index (χ1) is 7.72. The highest BCUT2D eigenvalue weighted by molar-refractivity contribution is 5.39. The van der Waals surface area contributed by atoms with Gasteiger partial charge in [0.15, 0.2) is 0 Å².